The molecule has 11 heteroatoms. The number of nitrogens with one attached hydrogen (secondary N) is 1. The largest absolute Gasteiger partial charge is 0.352 e. The van der Waals surface area contributed by atoms with E-state index in [2.05, 4.69) is 5.32 Å². The predicted molar refractivity (Wildman–Crippen MR) is 173 cm³/mol. The summed E-state index contributed by atoms with van der Waals surface area (Å²) in [5, 5.41) is 4.09. The number of carbonyl (C=O) groups excluding carboxylic acids is 2. The number of rotatable bonds is 10. The first-order chi connectivity index (χ1) is 20.4. The second-order valence-electron chi connectivity index (χ2n) is 11.0. The summed E-state index contributed by atoms with van der Waals surface area (Å²) in [4.78, 5) is 29.1. The Kier molecular flexibility index (Phi) is 11.0. The quantitative estimate of drug-likeness (QED) is 0.246. The zero-order valence-corrected chi connectivity index (χ0v) is 27.5. The van der Waals surface area contributed by atoms with Gasteiger partial charge >= 0.3 is 0 Å². The lowest BCUT2D eigenvalue weighted by molar-refractivity contribution is -0.139. The fourth-order valence-electron chi connectivity index (χ4n) is 5.19. The number of anilines is 1. The summed E-state index contributed by atoms with van der Waals surface area (Å²) < 4.78 is 29.2. The van der Waals surface area contributed by atoms with Gasteiger partial charge in [-0.15, -0.1) is 0 Å². The van der Waals surface area contributed by atoms with Crippen LogP contribution >= 0.6 is 34.8 Å². The molecule has 0 aliphatic heterocycles. The summed E-state index contributed by atoms with van der Waals surface area (Å²) in [6.07, 6.45) is 4.98. The van der Waals surface area contributed by atoms with E-state index in [0.717, 1.165) is 42.0 Å². The van der Waals surface area contributed by atoms with Crippen LogP contribution in [0.4, 0.5) is 5.69 Å². The van der Waals surface area contributed by atoms with Crippen LogP contribution in [0.15, 0.2) is 65.6 Å². The Hall–Kier alpha value is -2.78. The van der Waals surface area contributed by atoms with Crippen molar-refractivity contribution in [2.24, 2.45) is 0 Å². The monoisotopic (exact) mass is 663 g/mol. The van der Waals surface area contributed by atoms with Crippen LogP contribution in [0.25, 0.3) is 0 Å². The average molecular weight is 665 g/mol. The van der Waals surface area contributed by atoms with Crippen molar-refractivity contribution in [3.63, 3.8) is 0 Å². The molecule has 1 fully saturated rings. The van der Waals surface area contributed by atoms with Gasteiger partial charge < -0.3 is 10.2 Å². The van der Waals surface area contributed by atoms with Crippen molar-refractivity contribution in [3.05, 3.63) is 92.4 Å². The third-order valence-corrected chi connectivity index (χ3v) is 10.5. The maximum Gasteiger partial charge on any atom is 0.264 e. The summed E-state index contributed by atoms with van der Waals surface area (Å²) >= 11 is 18.7. The van der Waals surface area contributed by atoms with Crippen molar-refractivity contribution in [1.82, 2.24) is 10.2 Å². The highest BCUT2D eigenvalue weighted by Gasteiger charge is 2.34. The third-order valence-electron chi connectivity index (χ3n) is 7.78. The fourth-order valence-corrected chi connectivity index (χ4v) is 7.15. The third kappa shape index (κ3) is 8.24. The number of hydrogen-bond acceptors (Lipinski definition) is 4. The minimum atomic E-state index is -4.20. The molecule has 0 bridgehead atoms. The first-order valence-electron chi connectivity index (χ1n) is 14.3. The number of nitrogens with zero attached hydrogens (tertiary/aromatic N) is 2. The van der Waals surface area contributed by atoms with E-state index in [-0.39, 0.29) is 29.1 Å². The predicted octanol–water partition coefficient (Wildman–Crippen LogP) is 7.33. The Morgan fingerprint density at radius 1 is 0.907 bits per heavy atom. The molecule has 0 radical (unpaired) electrons. The van der Waals surface area contributed by atoms with Gasteiger partial charge in [-0.1, -0.05) is 83.9 Å². The van der Waals surface area contributed by atoms with Crippen molar-refractivity contribution < 1.29 is 18.0 Å². The second-order valence-corrected chi connectivity index (χ2v) is 14.2. The van der Waals surface area contributed by atoms with E-state index in [1.54, 1.807) is 56.3 Å². The van der Waals surface area contributed by atoms with Crippen molar-refractivity contribution in [2.75, 3.05) is 10.8 Å². The van der Waals surface area contributed by atoms with Crippen LogP contribution in [0.1, 0.15) is 55.7 Å². The minimum Gasteiger partial charge on any atom is -0.352 e. The summed E-state index contributed by atoms with van der Waals surface area (Å²) in [5.41, 5.74) is 2.43. The molecule has 1 saturated carbocycles. The highest BCUT2D eigenvalue weighted by molar-refractivity contribution is 7.92. The van der Waals surface area contributed by atoms with E-state index in [0.29, 0.717) is 26.2 Å². The van der Waals surface area contributed by atoms with Gasteiger partial charge in [-0.05, 0) is 81.1 Å². The van der Waals surface area contributed by atoms with Gasteiger partial charge in [-0.2, -0.15) is 0 Å². The lowest BCUT2D eigenvalue weighted by atomic mass is 9.95. The molecule has 4 rings (SSSR count). The van der Waals surface area contributed by atoms with Crippen molar-refractivity contribution >= 4 is 62.3 Å². The average Bonchev–Trinajstić information content (AvgIpc) is 2.98. The Bertz CT molecular complexity index is 1580. The van der Waals surface area contributed by atoms with Crippen LogP contribution in [-0.2, 0) is 26.2 Å². The normalized spacial score (nSPS) is 14.7. The van der Waals surface area contributed by atoms with Gasteiger partial charge in [0.2, 0.25) is 11.8 Å². The van der Waals surface area contributed by atoms with Gasteiger partial charge in [0.15, 0.2) is 0 Å². The number of amides is 2. The molecule has 1 aliphatic carbocycles. The number of hydrogen-bond donors (Lipinski definition) is 1. The summed E-state index contributed by atoms with van der Waals surface area (Å²) in [6, 6.07) is 15.4. The molecule has 2 amide bonds. The minimum absolute atomic E-state index is 0.0158. The van der Waals surface area contributed by atoms with Crippen LogP contribution < -0.4 is 9.62 Å². The van der Waals surface area contributed by atoms with Crippen molar-refractivity contribution in [1.29, 1.82) is 0 Å². The van der Waals surface area contributed by atoms with Gasteiger partial charge in [0, 0.05) is 17.6 Å². The van der Waals surface area contributed by atoms with E-state index >= 15 is 0 Å². The van der Waals surface area contributed by atoms with E-state index in [1.807, 2.05) is 6.92 Å². The standard InChI is InChI=1S/C32H36Cl3N3O4S/c1-21-9-14-27(15-10-21)43(41,42)38(30-18-25(33)13-11-22(30)2)20-31(39)37(19-24-12-16-28(34)29(35)17-24)23(3)32(40)36-26-7-5-4-6-8-26/h9-18,23,26H,4-8,19-20H2,1-3H3,(H,36,40)/t23-/m1/s1. The van der Waals surface area contributed by atoms with Crippen molar-refractivity contribution in [3.8, 4) is 0 Å². The molecule has 1 aliphatic rings. The molecule has 3 aromatic rings. The van der Waals surface area contributed by atoms with Crippen LogP contribution in [0.5, 0.6) is 0 Å². The summed E-state index contributed by atoms with van der Waals surface area (Å²) in [7, 11) is -4.20. The zero-order valence-electron chi connectivity index (χ0n) is 24.4. The molecule has 0 saturated heterocycles. The summed E-state index contributed by atoms with van der Waals surface area (Å²) in [6.45, 7) is 4.72. The zero-order chi connectivity index (χ0) is 31.3. The lowest BCUT2D eigenvalue weighted by Crippen LogP contribution is -2.53. The highest BCUT2D eigenvalue weighted by atomic mass is 35.5. The molecule has 7 nitrogen and oxygen atoms in total. The second kappa shape index (κ2) is 14.3. The van der Waals surface area contributed by atoms with Crippen LogP contribution in [0, 0.1) is 13.8 Å². The lowest BCUT2D eigenvalue weighted by Gasteiger charge is -2.33. The number of halogens is 3. The van der Waals surface area contributed by atoms with E-state index in [1.165, 1.54) is 23.1 Å². The number of benzene rings is 3. The molecule has 43 heavy (non-hydrogen) atoms. The Morgan fingerprint density at radius 2 is 1.58 bits per heavy atom. The maximum atomic E-state index is 14.2. The first-order valence-corrected chi connectivity index (χ1v) is 16.8. The van der Waals surface area contributed by atoms with Crippen LogP contribution in [0.3, 0.4) is 0 Å². The first kappa shape index (κ1) is 33.1. The van der Waals surface area contributed by atoms with E-state index in [9.17, 15) is 18.0 Å². The van der Waals surface area contributed by atoms with Crippen LogP contribution in [-0.4, -0.2) is 43.8 Å². The van der Waals surface area contributed by atoms with E-state index in [4.69, 9.17) is 34.8 Å². The van der Waals surface area contributed by atoms with E-state index < -0.39 is 28.5 Å². The highest BCUT2D eigenvalue weighted by Crippen LogP contribution is 2.31. The molecule has 3 aromatic carbocycles. The topological polar surface area (TPSA) is 86.8 Å². The summed E-state index contributed by atoms with van der Waals surface area (Å²) in [5.74, 6) is -0.861. The SMILES string of the molecule is Cc1ccc(S(=O)(=O)N(CC(=O)N(Cc2ccc(Cl)c(Cl)c2)[C@H](C)C(=O)NC2CCCCC2)c2cc(Cl)ccc2C)cc1. The van der Waals surface area contributed by atoms with Gasteiger partial charge in [-0.25, -0.2) is 8.42 Å². The molecule has 0 aromatic heterocycles. The van der Waals surface area contributed by atoms with Gasteiger partial charge in [-0.3, -0.25) is 13.9 Å². The fraction of sp³-hybridized carbons (Fsp3) is 0.375. The van der Waals surface area contributed by atoms with Crippen LogP contribution in [0.2, 0.25) is 15.1 Å². The number of sulfonamides is 1. The van der Waals surface area contributed by atoms with Gasteiger partial charge in [0.05, 0.1) is 20.6 Å². The smallest absolute Gasteiger partial charge is 0.264 e. The molecule has 1 atom stereocenters. The van der Waals surface area contributed by atoms with Gasteiger partial charge in [0.25, 0.3) is 10.0 Å². The molecule has 0 heterocycles. The molecule has 0 unspecified atom stereocenters. The Balaban J connectivity index is 1.72. The Morgan fingerprint density at radius 3 is 2.23 bits per heavy atom. The molecule has 1 N–H and O–H groups in total. The number of aryl methyl sites for hydroxylation is 2. The number of carbonyl (C=O) groups is 2. The molecule has 230 valence electrons. The maximum absolute atomic E-state index is 14.2. The molecular weight excluding hydrogens is 629 g/mol. The molecular formula is C32H36Cl3N3O4S. The Labute approximate surface area is 269 Å². The van der Waals surface area contributed by atoms with Gasteiger partial charge in [0.1, 0.15) is 12.6 Å². The molecule has 0 spiro atoms. The van der Waals surface area contributed by atoms with Crippen molar-refractivity contribution in [2.45, 2.75) is 76.4 Å².